The number of ether oxygens (including phenoxy) is 2. The molecule has 0 saturated carbocycles. The third kappa shape index (κ3) is 3.51. The van der Waals surface area contributed by atoms with E-state index in [0.29, 0.717) is 12.5 Å². The van der Waals surface area contributed by atoms with Crippen LogP contribution in [0.4, 0.5) is 5.82 Å². The summed E-state index contributed by atoms with van der Waals surface area (Å²) in [7, 11) is 0. The first kappa shape index (κ1) is 14.4. The molecule has 0 N–H and O–H groups in total. The molecular weight excluding hydrogens is 264 g/mol. The fraction of sp³-hybridized carbons (Fsp3) is 0.643. The minimum Gasteiger partial charge on any atom is -0.487 e. The molecule has 2 heterocycles. The number of anilines is 1. The minimum atomic E-state index is 0.0479. The maximum atomic E-state index is 5.90. The summed E-state index contributed by atoms with van der Waals surface area (Å²) in [6.07, 6.45) is 1.97. The van der Waals surface area contributed by atoms with Crippen molar-refractivity contribution in [2.24, 2.45) is 0 Å². The van der Waals surface area contributed by atoms with E-state index in [1.54, 1.807) is 6.20 Å². The van der Waals surface area contributed by atoms with Gasteiger partial charge in [0, 0.05) is 12.7 Å². The minimum absolute atomic E-state index is 0.0479. The molecule has 1 aliphatic rings. The highest BCUT2D eigenvalue weighted by Crippen LogP contribution is 2.30. The van der Waals surface area contributed by atoms with E-state index in [1.165, 1.54) is 0 Å². The summed E-state index contributed by atoms with van der Waals surface area (Å²) in [5.74, 6) is 2.19. The lowest BCUT2D eigenvalue weighted by Crippen LogP contribution is -2.49. The summed E-state index contributed by atoms with van der Waals surface area (Å²) in [6.45, 7) is 7.56. The molecule has 0 radical (unpaired) electrons. The topological polar surface area (TPSA) is 34.6 Å². The van der Waals surface area contributed by atoms with Gasteiger partial charge in [-0.3, -0.25) is 0 Å². The first-order valence-corrected chi connectivity index (χ1v) is 7.21. The monoisotopic (exact) mass is 284 g/mol. The van der Waals surface area contributed by atoms with Gasteiger partial charge in [0.05, 0.1) is 30.7 Å². The van der Waals surface area contributed by atoms with Gasteiger partial charge in [-0.2, -0.15) is 0 Å². The van der Waals surface area contributed by atoms with E-state index in [4.69, 9.17) is 21.1 Å². The number of nitrogens with zero attached hydrogens (tertiary/aromatic N) is 2. The van der Waals surface area contributed by atoms with Crippen molar-refractivity contribution in [3.63, 3.8) is 0 Å². The lowest BCUT2D eigenvalue weighted by molar-refractivity contribution is 0.0358. The molecule has 5 heteroatoms. The number of aromatic nitrogens is 1. The second kappa shape index (κ2) is 6.44. The predicted octanol–water partition coefficient (Wildman–Crippen LogP) is 2.70. The fourth-order valence-corrected chi connectivity index (χ4v) is 2.34. The van der Waals surface area contributed by atoms with Gasteiger partial charge in [0.2, 0.25) is 0 Å². The molecule has 1 fully saturated rings. The Balaban J connectivity index is 2.23. The molecule has 106 valence electrons. The number of rotatable bonds is 4. The molecule has 1 aliphatic heterocycles. The summed E-state index contributed by atoms with van der Waals surface area (Å²) in [6, 6.07) is 4.12. The van der Waals surface area contributed by atoms with Gasteiger partial charge in [-0.15, -0.1) is 11.6 Å². The van der Waals surface area contributed by atoms with Crippen molar-refractivity contribution in [1.29, 1.82) is 0 Å². The van der Waals surface area contributed by atoms with Gasteiger partial charge < -0.3 is 14.4 Å². The van der Waals surface area contributed by atoms with Gasteiger partial charge in [-0.25, -0.2) is 4.98 Å². The first-order valence-electron chi connectivity index (χ1n) is 6.67. The predicted molar refractivity (Wildman–Crippen MR) is 77.3 cm³/mol. The van der Waals surface area contributed by atoms with E-state index in [9.17, 15) is 0 Å². The van der Waals surface area contributed by atoms with Crippen LogP contribution < -0.4 is 9.64 Å². The third-order valence-electron chi connectivity index (χ3n) is 3.06. The van der Waals surface area contributed by atoms with E-state index < -0.39 is 0 Å². The molecular formula is C14H21ClN2O2. The normalized spacial score (nSPS) is 23.7. The number of alkyl halides is 1. The van der Waals surface area contributed by atoms with Crippen molar-refractivity contribution in [3.8, 4) is 5.75 Å². The Hall–Kier alpha value is -1.00. The highest BCUT2D eigenvalue weighted by atomic mass is 35.5. The zero-order valence-electron chi connectivity index (χ0n) is 11.7. The molecule has 0 aliphatic carbocycles. The molecule has 2 unspecified atom stereocenters. The summed E-state index contributed by atoms with van der Waals surface area (Å²) >= 11 is 5.90. The van der Waals surface area contributed by atoms with E-state index in [0.717, 1.165) is 18.1 Å². The molecule has 1 aromatic rings. The van der Waals surface area contributed by atoms with Crippen LogP contribution in [0, 0.1) is 0 Å². The van der Waals surface area contributed by atoms with Crippen molar-refractivity contribution in [2.75, 3.05) is 23.9 Å². The summed E-state index contributed by atoms with van der Waals surface area (Å²) in [5.41, 5.74) is 0. The average molecular weight is 285 g/mol. The highest BCUT2D eigenvalue weighted by molar-refractivity contribution is 6.18. The number of pyridine rings is 1. The SMILES string of the molecule is CC(C)Oc1cccnc1N1CC(CCl)OCC1C. The fourth-order valence-electron chi connectivity index (χ4n) is 2.15. The molecule has 0 spiro atoms. The molecule has 2 rings (SSSR count). The largest absolute Gasteiger partial charge is 0.487 e. The zero-order chi connectivity index (χ0) is 13.8. The smallest absolute Gasteiger partial charge is 0.171 e. The van der Waals surface area contributed by atoms with Crippen LogP contribution in [0.5, 0.6) is 5.75 Å². The molecule has 4 nitrogen and oxygen atoms in total. The molecule has 0 aromatic carbocycles. The van der Waals surface area contributed by atoms with Gasteiger partial charge >= 0.3 is 0 Å². The van der Waals surface area contributed by atoms with Gasteiger partial charge in [-0.1, -0.05) is 0 Å². The number of hydrogen-bond donors (Lipinski definition) is 0. The van der Waals surface area contributed by atoms with Gasteiger partial charge in [0.1, 0.15) is 0 Å². The Labute approximate surface area is 119 Å². The van der Waals surface area contributed by atoms with E-state index in [2.05, 4.69) is 16.8 Å². The second-order valence-corrected chi connectivity index (χ2v) is 5.41. The second-order valence-electron chi connectivity index (χ2n) is 5.10. The molecule has 19 heavy (non-hydrogen) atoms. The average Bonchev–Trinajstić information content (AvgIpc) is 2.40. The molecule has 0 bridgehead atoms. The Bertz CT molecular complexity index is 414. The number of morpholine rings is 1. The zero-order valence-corrected chi connectivity index (χ0v) is 12.4. The summed E-state index contributed by atoms with van der Waals surface area (Å²) < 4.78 is 11.5. The molecule has 0 amide bonds. The van der Waals surface area contributed by atoms with E-state index in [-0.39, 0.29) is 18.2 Å². The van der Waals surface area contributed by atoms with Crippen LogP contribution in [-0.4, -0.2) is 42.3 Å². The number of halogens is 1. The Kier molecular flexibility index (Phi) is 4.88. The highest BCUT2D eigenvalue weighted by Gasteiger charge is 2.28. The van der Waals surface area contributed by atoms with Crippen LogP contribution in [0.25, 0.3) is 0 Å². The maximum Gasteiger partial charge on any atom is 0.171 e. The third-order valence-corrected chi connectivity index (χ3v) is 3.41. The standard InChI is InChI=1S/C14H21ClN2O2/c1-10(2)19-13-5-4-6-16-14(13)17-8-12(7-15)18-9-11(17)3/h4-6,10-12H,7-9H2,1-3H3. The van der Waals surface area contributed by atoms with Crippen molar-refractivity contribution >= 4 is 17.4 Å². The number of hydrogen-bond acceptors (Lipinski definition) is 4. The van der Waals surface area contributed by atoms with E-state index in [1.807, 2.05) is 26.0 Å². The Morgan fingerprint density at radius 2 is 2.37 bits per heavy atom. The van der Waals surface area contributed by atoms with Crippen LogP contribution in [0.2, 0.25) is 0 Å². The van der Waals surface area contributed by atoms with Crippen molar-refractivity contribution in [1.82, 2.24) is 4.98 Å². The lowest BCUT2D eigenvalue weighted by Gasteiger charge is -2.38. The van der Waals surface area contributed by atoms with Crippen LogP contribution in [-0.2, 0) is 4.74 Å². The van der Waals surface area contributed by atoms with Crippen LogP contribution >= 0.6 is 11.6 Å². The Morgan fingerprint density at radius 3 is 3.05 bits per heavy atom. The molecule has 2 atom stereocenters. The van der Waals surface area contributed by atoms with Crippen molar-refractivity contribution < 1.29 is 9.47 Å². The van der Waals surface area contributed by atoms with Crippen molar-refractivity contribution in [2.45, 2.75) is 39.0 Å². The maximum absolute atomic E-state index is 5.90. The molecule has 1 saturated heterocycles. The van der Waals surface area contributed by atoms with Gasteiger partial charge in [0.25, 0.3) is 0 Å². The lowest BCUT2D eigenvalue weighted by atomic mass is 10.2. The van der Waals surface area contributed by atoms with Crippen LogP contribution in [0.3, 0.4) is 0 Å². The van der Waals surface area contributed by atoms with Gasteiger partial charge in [-0.05, 0) is 32.9 Å². The molecule has 1 aromatic heterocycles. The summed E-state index contributed by atoms with van der Waals surface area (Å²) in [5, 5.41) is 0. The van der Waals surface area contributed by atoms with Crippen LogP contribution in [0.1, 0.15) is 20.8 Å². The quantitative estimate of drug-likeness (QED) is 0.796. The Morgan fingerprint density at radius 1 is 1.58 bits per heavy atom. The van der Waals surface area contributed by atoms with E-state index >= 15 is 0 Å². The van der Waals surface area contributed by atoms with Gasteiger partial charge in [0.15, 0.2) is 11.6 Å². The van der Waals surface area contributed by atoms with Crippen molar-refractivity contribution in [3.05, 3.63) is 18.3 Å². The summed E-state index contributed by atoms with van der Waals surface area (Å²) in [4.78, 5) is 6.69. The van der Waals surface area contributed by atoms with Crippen LogP contribution in [0.15, 0.2) is 18.3 Å². The first-order chi connectivity index (χ1) is 9.11.